The highest BCUT2D eigenvalue weighted by Crippen LogP contribution is 2.33. The summed E-state index contributed by atoms with van der Waals surface area (Å²) in [5.41, 5.74) is 0. The number of unbranched alkanes of at least 4 members (excludes halogenated alkanes) is 6. The van der Waals surface area contributed by atoms with Gasteiger partial charge in [-0.15, -0.1) is 0 Å². The Morgan fingerprint density at radius 3 is 2.09 bits per heavy atom. The van der Waals surface area contributed by atoms with Gasteiger partial charge in [0.25, 0.3) is 0 Å². The van der Waals surface area contributed by atoms with Crippen LogP contribution < -0.4 is 21.3 Å². The zero-order valence-electron chi connectivity index (χ0n) is 20.5. The van der Waals surface area contributed by atoms with Gasteiger partial charge in [-0.1, -0.05) is 19.3 Å². The number of urea groups is 1. The Kier molecular flexibility index (Phi) is 13.8. The molecule has 3 atom stereocenters. The van der Waals surface area contributed by atoms with Gasteiger partial charge < -0.3 is 26.0 Å². The van der Waals surface area contributed by atoms with Crippen molar-refractivity contribution in [2.24, 2.45) is 0 Å². The van der Waals surface area contributed by atoms with Crippen molar-refractivity contribution in [3.63, 3.8) is 0 Å². The fourth-order valence-electron chi connectivity index (χ4n) is 4.34. The van der Waals surface area contributed by atoms with Crippen molar-refractivity contribution in [3.05, 3.63) is 0 Å². The molecule has 0 aromatic carbocycles. The van der Waals surface area contributed by atoms with Gasteiger partial charge >= 0.3 is 12.0 Å². The standard InChI is InChI=1S/C24H42N4O5S/c1-33-22(31)14-6-3-2-5-12-20(29)25-15-9-4-10-16-26-21(30)13-8-7-11-19-23-18(17-34-19)27-24(32)28-23/h18-19,23H,2-17H2,1H3,(H,25,29)(H,26,30)(H2,27,28,32)/t18-,19-,23-/m0/s1. The summed E-state index contributed by atoms with van der Waals surface area (Å²) in [5.74, 6) is 0.981. The van der Waals surface area contributed by atoms with E-state index in [1.807, 2.05) is 11.8 Å². The Morgan fingerprint density at radius 1 is 0.853 bits per heavy atom. The van der Waals surface area contributed by atoms with E-state index in [0.29, 0.717) is 37.6 Å². The van der Waals surface area contributed by atoms with Crippen LogP contribution in [-0.4, -0.2) is 67.1 Å². The Labute approximate surface area is 207 Å². The minimum Gasteiger partial charge on any atom is -0.469 e. The molecule has 0 radical (unpaired) electrons. The third-order valence-electron chi connectivity index (χ3n) is 6.34. The number of hydrogen-bond acceptors (Lipinski definition) is 6. The summed E-state index contributed by atoms with van der Waals surface area (Å²) in [6, 6.07) is 0.442. The van der Waals surface area contributed by atoms with Gasteiger partial charge in [0, 0.05) is 43.4 Å². The average Bonchev–Trinajstić information content (AvgIpc) is 3.37. The number of fused-ring (bicyclic) bond motifs is 1. The molecule has 2 saturated heterocycles. The molecule has 2 rings (SSSR count). The van der Waals surface area contributed by atoms with Gasteiger partial charge in [-0.3, -0.25) is 14.4 Å². The zero-order valence-corrected chi connectivity index (χ0v) is 21.3. The van der Waals surface area contributed by atoms with Gasteiger partial charge in [0.2, 0.25) is 11.8 Å². The molecular formula is C24H42N4O5S. The maximum atomic E-state index is 12.0. The molecule has 0 spiro atoms. The predicted octanol–water partition coefficient (Wildman–Crippen LogP) is 2.63. The van der Waals surface area contributed by atoms with Gasteiger partial charge in [-0.05, 0) is 44.9 Å². The first-order chi connectivity index (χ1) is 16.5. The summed E-state index contributed by atoms with van der Waals surface area (Å²) >= 11 is 1.91. The minimum absolute atomic E-state index is 0.0532. The van der Waals surface area contributed by atoms with Gasteiger partial charge in [0.05, 0.1) is 19.2 Å². The van der Waals surface area contributed by atoms with Crippen LogP contribution in [0.5, 0.6) is 0 Å². The number of carbonyl (C=O) groups is 4. The normalized spacial score (nSPS) is 20.9. The average molecular weight is 499 g/mol. The molecule has 0 bridgehead atoms. The van der Waals surface area contributed by atoms with E-state index in [0.717, 1.165) is 70.0 Å². The molecule has 0 aliphatic carbocycles. The molecule has 10 heteroatoms. The van der Waals surface area contributed by atoms with Crippen molar-refractivity contribution in [1.29, 1.82) is 0 Å². The summed E-state index contributed by atoms with van der Waals surface area (Å²) in [7, 11) is 1.40. The van der Waals surface area contributed by atoms with Crippen LogP contribution in [0.3, 0.4) is 0 Å². The van der Waals surface area contributed by atoms with E-state index in [1.165, 1.54) is 7.11 Å². The minimum atomic E-state index is -0.177. The van der Waals surface area contributed by atoms with Crippen LogP contribution in [-0.2, 0) is 19.1 Å². The van der Waals surface area contributed by atoms with E-state index in [9.17, 15) is 19.2 Å². The highest BCUT2D eigenvalue weighted by molar-refractivity contribution is 8.00. The van der Waals surface area contributed by atoms with E-state index >= 15 is 0 Å². The first-order valence-corrected chi connectivity index (χ1v) is 13.8. The number of esters is 1. The Morgan fingerprint density at radius 2 is 1.44 bits per heavy atom. The third-order valence-corrected chi connectivity index (χ3v) is 7.85. The molecule has 0 unspecified atom stereocenters. The highest BCUT2D eigenvalue weighted by atomic mass is 32.2. The fraction of sp³-hybridized carbons (Fsp3) is 0.833. The quantitative estimate of drug-likeness (QED) is 0.131. The number of methoxy groups -OCH3 is 1. The summed E-state index contributed by atoms with van der Waals surface area (Å²) < 4.78 is 4.60. The van der Waals surface area contributed by atoms with Gasteiger partial charge in [0.15, 0.2) is 0 Å². The van der Waals surface area contributed by atoms with Crippen LogP contribution in [0.1, 0.15) is 83.5 Å². The molecule has 34 heavy (non-hydrogen) atoms. The van der Waals surface area contributed by atoms with E-state index in [1.54, 1.807) is 0 Å². The SMILES string of the molecule is COC(=O)CCCCCCC(=O)NCCCCCNC(=O)CCCC[C@@H]1SC[C@@H]2NC(=O)N[C@@H]21. The van der Waals surface area contributed by atoms with E-state index < -0.39 is 0 Å². The Bertz CT molecular complexity index is 663. The lowest BCUT2D eigenvalue weighted by Crippen LogP contribution is -2.36. The van der Waals surface area contributed by atoms with Crippen molar-refractivity contribution in [1.82, 2.24) is 21.3 Å². The van der Waals surface area contributed by atoms with Gasteiger partial charge in [0.1, 0.15) is 0 Å². The maximum Gasteiger partial charge on any atom is 0.315 e. The number of thioether (sulfide) groups is 1. The van der Waals surface area contributed by atoms with Gasteiger partial charge in [-0.25, -0.2) is 4.79 Å². The second kappa shape index (κ2) is 16.6. The van der Waals surface area contributed by atoms with Crippen LogP contribution >= 0.6 is 11.8 Å². The maximum absolute atomic E-state index is 12.0. The lowest BCUT2D eigenvalue weighted by atomic mass is 10.0. The van der Waals surface area contributed by atoms with E-state index in [2.05, 4.69) is 26.0 Å². The van der Waals surface area contributed by atoms with Crippen molar-refractivity contribution in [2.45, 2.75) is 101 Å². The largest absolute Gasteiger partial charge is 0.469 e. The lowest BCUT2D eigenvalue weighted by molar-refractivity contribution is -0.140. The molecule has 0 aromatic heterocycles. The van der Waals surface area contributed by atoms with Crippen molar-refractivity contribution >= 4 is 35.6 Å². The number of amides is 4. The van der Waals surface area contributed by atoms with Crippen LogP contribution in [0.4, 0.5) is 4.79 Å². The molecule has 4 amide bonds. The number of ether oxygens (including phenoxy) is 1. The zero-order chi connectivity index (χ0) is 24.6. The molecule has 0 saturated carbocycles. The topological polar surface area (TPSA) is 126 Å². The first-order valence-electron chi connectivity index (χ1n) is 12.8. The van der Waals surface area contributed by atoms with Crippen molar-refractivity contribution in [2.75, 3.05) is 26.0 Å². The molecule has 2 aliphatic heterocycles. The summed E-state index contributed by atoms with van der Waals surface area (Å²) in [6.07, 6.45) is 10.8. The molecular weight excluding hydrogens is 456 g/mol. The monoisotopic (exact) mass is 498 g/mol. The van der Waals surface area contributed by atoms with Crippen LogP contribution in [0.25, 0.3) is 0 Å². The van der Waals surface area contributed by atoms with Crippen LogP contribution in [0, 0.1) is 0 Å². The lowest BCUT2D eigenvalue weighted by Gasteiger charge is -2.16. The van der Waals surface area contributed by atoms with Crippen molar-refractivity contribution in [3.8, 4) is 0 Å². The summed E-state index contributed by atoms with van der Waals surface area (Å²) in [6.45, 7) is 1.35. The van der Waals surface area contributed by atoms with E-state index in [-0.39, 0.29) is 35.9 Å². The Balaban J connectivity index is 1.33. The second-order valence-electron chi connectivity index (χ2n) is 9.12. The molecule has 0 aromatic rings. The Hall–Kier alpha value is -1.97. The molecule has 2 aliphatic rings. The second-order valence-corrected chi connectivity index (χ2v) is 10.4. The number of rotatable bonds is 18. The summed E-state index contributed by atoms with van der Waals surface area (Å²) in [5, 5.41) is 12.3. The molecule has 9 nitrogen and oxygen atoms in total. The van der Waals surface area contributed by atoms with Crippen molar-refractivity contribution < 1.29 is 23.9 Å². The smallest absolute Gasteiger partial charge is 0.315 e. The number of nitrogens with one attached hydrogen (secondary N) is 4. The first kappa shape index (κ1) is 28.3. The number of hydrogen-bond donors (Lipinski definition) is 4. The summed E-state index contributed by atoms with van der Waals surface area (Å²) in [4.78, 5) is 46.2. The third kappa shape index (κ3) is 11.4. The number of carbonyl (C=O) groups excluding carboxylic acids is 4. The molecule has 2 fully saturated rings. The van der Waals surface area contributed by atoms with E-state index in [4.69, 9.17) is 0 Å². The van der Waals surface area contributed by atoms with Crippen LogP contribution in [0.2, 0.25) is 0 Å². The predicted molar refractivity (Wildman–Crippen MR) is 134 cm³/mol. The molecule has 4 N–H and O–H groups in total. The molecule has 194 valence electrons. The molecule has 2 heterocycles. The van der Waals surface area contributed by atoms with Crippen LogP contribution in [0.15, 0.2) is 0 Å². The van der Waals surface area contributed by atoms with Gasteiger partial charge in [-0.2, -0.15) is 11.8 Å². The highest BCUT2D eigenvalue weighted by Gasteiger charge is 2.42. The fourth-order valence-corrected chi connectivity index (χ4v) is 5.89.